The van der Waals surface area contributed by atoms with E-state index in [2.05, 4.69) is 16.3 Å². The monoisotopic (exact) mass is 432 g/mol. The van der Waals surface area contributed by atoms with Gasteiger partial charge in [-0.3, -0.25) is 14.6 Å². The molecule has 31 heavy (non-hydrogen) atoms. The number of carbonyl (C=O) groups excluding carboxylic acids is 2. The number of nitrogens with zero attached hydrogens (tertiary/aromatic N) is 3. The number of allylic oxidation sites excluding steroid dienone is 2. The van der Waals surface area contributed by atoms with Crippen LogP contribution in [-0.2, 0) is 4.74 Å². The molecule has 9 heteroatoms. The summed E-state index contributed by atoms with van der Waals surface area (Å²) >= 11 is 0. The highest BCUT2D eigenvalue weighted by Gasteiger charge is 2.39. The molecule has 1 aromatic rings. The second-order valence-electron chi connectivity index (χ2n) is 8.69. The van der Waals surface area contributed by atoms with Crippen molar-refractivity contribution in [2.45, 2.75) is 32.5 Å². The Morgan fingerprint density at radius 1 is 1.16 bits per heavy atom. The Kier molecular flexibility index (Phi) is 5.47. The summed E-state index contributed by atoms with van der Waals surface area (Å²) in [4.78, 5) is 29.7. The maximum Gasteiger partial charge on any atom is 0.415 e. The fourth-order valence-corrected chi connectivity index (χ4v) is 4.04. The number of benzene rings is 1. The highest BCUT2D eigenvalue weighted by molar-refractivity contribution is 5.96. The van der Waals surface area contributed by atoms with Gasteiger partial charge in [-0.2, -0.15) is 0 Å². The lowest BCUT2D eigenvalue weighted by atomic mass is 10.1. The van der Waals surface area contributed by atoms with Crippen LogP contribution in [0.4, 0.5) is 19.3 Å². The Bertz CT molecular complexity index is 944. The van der Waals surface area contributed by atoms with Crippen LogP contribution < -0.4 is 10.2 Å². The number of carbonyl (C=O) groups is 2. The molecule has 1 unspecified atom stereocenters. The van der Waals surface area contributed by atoms with Gasteiger partial charge in [-0.25, -0.2) is 13.6 Å². The maximum absolute atomic E-state index is 14.8. The van der Waals surface area contributed by atoms with Gasteiger partial charge in [0.1, 0.15) is 22.8 Å². The Labute approximate surface area is 179 Å². The van der Waals surface area contributed by atoms with E-state index in [-0.39, 0.29) is 18.4 Å². The molecule has 1 atom stereocenters. The summed E-state index contributed by atoms with van der Waals surface area (Å²) in [6.45, 7) is 7.47. The molecule has 2 saturated heterocycles. The fourth-order valence-electron chi connectivity index (χ4n) is 4.04. The SMILES string of the molecule is CC1=CNC(N2CCN(C(=O)c3c(F)cc(N4CC(C)(C)OC4=O)cc3F)CC2)C=C1. The van der Waals surface area contributed by atoms with Crippen LogP contribution in [0.5, 0.6) is 0 Å². The third-order valence-electron chi connectivity index (χ3n) is 5.69. The lowest BCUT2D eigenvalue weighted by Crippen LogP contribution is -2.55. The molecule has 166 valence electrons. The van der Waals surface area contributed by atoms with Gasteiger partial charge in [0, 0.05) is 32.4 Å². The van der Waals surface area contributed by atoms with Crippen LogP contribution in [0.1, 0.15) is 31.1 Å². The Morgan fingerprint density at radius 3 is 2.32 bits per heavy atom. The number of dihydropyridines is 1. The van der Waals surface area contributed by atoms with Gasteiger partial charge in [0.05, 0.1) is 18.4 Å². The molecule has 7 nitrogen and oxygen atoms in total. The van der Waals surface area contributed by atoms with E-state index < -0.39 is 34.8 Å². The Morgan fingerprint density at radius 2 is 1.81 bits per heavy atom. The summed E-state index contributed by atoms with van der Waals surface area (Å²) in [5.74, 6) is -2.66. The lowest BCUT2D eigenvalue weighted by Gasteiger charge is -2.39. The first-order valence-electron chi connectivity index (χ1n) is 10.3. The lowest BCUT2D eigenvalue weighted by molar-refractivity contribution is 0.0578. The van der Waals surface area contributed by atoms with Crippen LogP contribution in [0.15, 0.2) is 36.1 Å². The fraction of sp³-hybridized carbons (Fsp3) is 0.455. The molecule has 0 spiro atoms. The minimum absolute atomic E-state index is 0.0328. The summed E-state index contributed by atoms with van der Waals surface area (Å²) in [5, 5.41) is 3.29. The molecule has 2 fully saturated rings. The molecule has 3 heterocycles. The minimum atomic E-state index is -0.988. The molecule has 2 amide bonds. The van der Waals surface area contributed by atoms with Crippen LogP contribution in [0.2, 0.25) is 0 Å². The van der Waals surface area contributed by atoms with Gasteiger partial charge in [-0.15, -0.1) is 0 Å². The van der Waals surface area contributed by atoms with E-state index >= 15 is 0 Å². The van der Waals surface area contributed by atoms with Crippen molar-refractivity contribution in [3.05, 3.63) is 53.3 Å². The standard InChI is InChI=1S/C22H26F2N4O3/c1-14-4-5-18(25-12-14)26-6-8-27(9-7-26)20(29)19-16(23)10-15(11-17(19)24)28-13-22(2,3)31-21(28)30/h4-5,10-12,18,25H,6-9,13H2,1-3H3. The first kappa shape index (κ1) is 21.3. The van der Waals surface area contributed by atoms with Crippen molar-refractivity contribution in [3.63, 3.8) is 0 Å². The molecule has 0 aliphatic carbocycles. The second-order valence-corrected chi connectivity index (χ2v) is 8.69. The molecule has 0 bridgehead atoms. The van der Waals surface area contributed by atoms with E-state index in [4.69, 9.17) is 4.74 Å². The van der Waals surface area contributed by atoms with E-state index in [1.54, 1.807) is 13.8 Å². The van der Waals surface area contributed by atoms with Crippen molar-refractivity contribution in [3.8, 4) is 0 Å². The molecular weight excluding hydrogens is 406 g/mol. The molecule has 0 aromatic heterocycles. The molecule has 3 aliphatic rings. The number of halogens is 2. The molecule has 0 radical (unpaired) electrons. The predicted molar refractivity (Wildman–Crippen MR) is 112 cm³/mol. The Balaban J connectivity index is 1.45. The number of amides is 2. The molecule has 4 rings (SSSR count). The number of cyclic esters (lactones) is 1. The van der Waals surface area contributed by atoms with Gasteiger partial charge in [-0.05, 0) is 44.6 Å². The highest BCUT2D eigenvalue weighted by Crippen LogP contribution is 2.30. The van der Waals surface area contributed by atoms with E-state index in [9.17, 15) is 18.4 Å². The van der Waals surface area contributed by atoms with E-state index in [0.29, 0.717) is 26.2 Å². The predicted octanol–water partition coefficient (Wildman–Crippen LogP) is 2.85. The van der Waals surface area contributed by atoms with Crippen molar-refractivity contribution in [2.75, 3.05) is 37.6 Å². The summed E-state index contributed by atoms with van der Waals surface area (Å²) in [6, 6.07) is 2.03. The molecule has 1 N–H and O–H groups in total. The van der Waals surface area contributed by atoms with Crippen molar-refractivity contribution in [1.29, 1.82) is 0 Å². The third kappa shape index (κ3) is 4.27. The molecule has 1 aromatic carbocycles. The Hall–Kier alpha value is -2.94. The number of hydrogen-bond donors (Lipinski definition) is 1. The maximum atomic E-state index is 14.8. The first-order valence-corrected chi connectivity index (χ1v) is 10.3. The normalized spacial score (nSPS) is 23.5. The van der Waals surface area contributed by atoms with Crippen molar-refractivity contribution < 1.29 is 23.1 Å². The van der Waals surface area contributed by atoms with Gasteiger partial charge >= 0.3 is 6.09 Å². The average Bonchev–Trinajstić information content (AvgIpc) is 3.00. The van der Waals surface area contributed by atoms with Crippen molar-refractivity contribution in [2.24, 2.45) is 0 Å². The van der Waals surface area contributed by atoms with Crippen LogP contribution in [-0.4, -0.2) is 66.3 Å². The summed E-state index contributed by atoms with van der Waals surface area (Å²) < 4.78 is 34.8. The number of hydrogen-bond acceptors (Lipinski definition) is 5. The largest absolute Gasteiger partial charge is 0.441 e. The topological polar surface area (TPSA) is 65.1 Å². The van der Waals surface area contributed by atoms with Crippen LogP contribution in [0.3, 0.4) is 0 Å². The zero-order valence-electron chi connectivity index (χ0n) is 17.8. The second kappa shape index (κ2) is 7.96. The smallest absolute Gasteiger partial charge is 0.415 e. The van der Waals surface area contributed by atoms with E-state index in [0.717, 1.165) is 17.7 Å². The van der Waals surface area contributed by atoms with E-state index in [1.807, 2.05) is 19.2 Å². The number of rotatable bonds is 3. The van der Waals surface area contributed by atoms with Crippen LogP contribution >= 0.6 is 0 Å². The van der Waals surface area contributed by atoms with Crippen molar-refractivity contribution >= 4 is 17.7 Å². The number of ether oxygens (including phenoxy) is 1. The number of piperazine rings is 1. The average molecular weight is 432 g/mol. The summed E-state index contributed by atoms with van der Waals surface area (Å²) in [5.41, 5.74) is -0.191. The molecule has 3 aliphatic heterocycles. The van der Waals surface area contributed by atoms with Gasteiger partial charge in [-0.1, -0.05) is 6.08 Å². The van der Waals surface area contributed by atoms with Crippen LogP contribution in [0.25, 0.3) is 0 Å². The number of nitrogens with one attached hydrogen (secondary N) is 1. The van der Waals surface area contributed by atoms with Gasteiger partial charge in [0.2, 0.25) is 0 Å². The van der Waals surface area contributed by atoms with Gasteiger partial charge < -0.3 is 15.0 Å². The van der Waals surface area contributed by atoms with Gasteiger partial charge in [0.25, 0.3) is 5.91 Å². The summed E-state index contributed by atoms with van der Waals surface area (Å²) in [7, 11) is 0. The van der Waals surface area contributed by atoms with Crippen molar-refractivity contribution in [1.82, 2.24) is 15.1 Å². The quantitative estimate of drug-likeness (QED) is 0.796. The highest BCUT2D eigenvalue weighted by atomic mass is 19.1. The molecule has 0 saturated carbocycles. The summed E-state index contributed by atoms with van der Waals surface area (Å²) in [6.07, 6.45) is 5.39. The number of anilines is 1. The molecular formula is C22H26F2N4O3. The third-order valence-corrected chi connectivity index (χ3v) is 5.69. The van der Waals surface area contributed by atoms with E-state index in [1.165, 1.54) is 9.80 Å². The van der Waals surface area contributed by atoms with Gasteiger partial charge in [0.15, 0.2) is 0 Å². The minimum Gasteiger partial charge on any atom is -0.441 e. The zero-order valence-corrected chi connectivity index (χ0v) is 17.8. The first-order chi connectivity index (χ1) is 14.6. The van der Waals surface area contributed by atoms with Crippen LogP contribution in [0, 0.1) is 11.6 Å². The zero-order chi connectivity index (χ0) is 22.3.